The monoisotopic (exact) mass is 407 g/mol. The molecular formula is C23H25N3O4. The van der Waals surface area contributed by atoms with Gasteiger partial charge in [0.25, 0.3) is 0 Å². The summed E-state index contributed by atoms with van der Waals surface area (Å²) in [6.07, 6.45) is 1.66. The van der Waals surface area contributed by atoms with Crippen molar-refractivity contribution in [3.63, 3.8) is 0 Å². The van der Waals surface area contributed by atoms with Gasteiger partial charge in [-0.05, 0) is 17.2 Å². The van der Waals surface area contributed by atoms with Gasteiger partial charge in [-0.2, -0.15) is 0 Å². The fourth-order valence-electron chi connectivity index (χ4n) is 3.63. The zero-order valence-electron chi connectivity index (χ0n) is 16.7. The van der Waals surface area contributed by atoms with Gasteiger partial charge in [-0.1, -0.05) is 48.5 Å². The number of para-hydroxylation sites is 1. The molecule has 0 aliphatic carbocycles. The van der Waals surface area contributed by atoms with Crippen LogP contribution in [0.1, 0.15) is 11.1 Å². The average molecular weight is 407 g/mol. The van der Waals surface area contributed by atoms with Gasteiger partial charge in [0.15, 0.2) is 0 Å². The number of H-pyrrole nitrogens is 1. The number of hydrogen-bond acceptors (Lipinski definition) is 4. The van der Waals surface area contributed by atoms with Crippen molar-refractivity contribution in [2.45, 2.75) is 19.1 Å². The van der Waals surface area contributed by atoms with Gasteiger partial charge in [0.1, 0.15) is 12.6 Å². The molecule has 1 saturated heterocycles. The minimum Gasteiger partial charge on any atom is -0.445 e. The summed E-state index contributed by atoms with van der Waals surface area (Å²) in [5, 5.41) is 3.82. The Morgan fingerprint density at radius 2 is 1.80 bits per heavy atom. The van der Waals surface area contributed by atoms with Crippen LogP contribution in [0.25, 0.3) is 10.9 Å². The van der Waals surface area contributed by atoms with Gasteiger partial charge < -0.3 is 24.7 Å². The average Bonchev–Trinajstić information content (AvgIpc) is 3.21. The van der Waals surface area contributed by atoms with E-state index in [9.17, 15) is 9.59 Å². The van der Waals surface area contributed by atoms with Crippen molar-refractivity contribution in [3.8, 4) is 0 Å². The molecule has 2 N–H and O–H groups in total. The summed E-state index contributed by atoms with van der Waals surface area (Å²) in [6.45, 7) is 2.19. The first-order valence-electron chi connectivity index (χ1n) is 10.1. The van der Waals surface area contributed by atoms with Crippen LogP contribution in [0.3, 0.4) is 0 Å². The van der Waals surface area contributed by atoms with Gasteiger partial charge in [0.05, 0.1) is 13.2 Å². The molecular weight excluding hydrogens is 382 g/mol. The molecule has 2 heterocycles. The number of aromatic amines is 1. The highest BCUT2D eigenvalue weighted by atomic mass is 16.5. The molecule has 7 heteroatoms. The van der Waals surface area contributed by atoms with E-state index in [0.717, 1.165) is 22.0 Å². The molecule has 1 atom stereocenters. The van der Waals surface area contributed by atoms with Crippen molar-refractivity contribution >= 4 is 22.9 Å². The van der Waals surface area contributed by atoms with Crippen molar-refractivity contribution in [2.75, 3.05) is 26.3 Å². The summed E-state index contributed by atoms with van der Waals surface area (Å²) < 4.78 is 10.7. The molecule has 4 rings (SSSR count). The number of benzene rings is 2. The zero-order chi connectivity index (χ0) is 20.8. The van der Waals surface area contributed by atoms with Crippen LogP contribution in [-0.4, -0.2) is 54.2 Å². The largest absolute Gasteiger partial charge is 0.445 e. The number of fused-ring (bicyclic) bond motifs is 1. The smallest absolute Gasteiger partial charge is 0.408 e. The molecule has 7 nitrogen and oxygen atoms in total. The third-order valence-electron chi connectivity index (χ3n) is 5.22. The first kappa shape index (κ1) is 20.0. The lowest BCUT2D eigenvalue weighted by Crippen LogP contribution is -2.52. The number of aromatic nitrogens is 1. The molecule has 1 aromatic heterocycles. The topological polar surface area (TPSA) is 83.7 Å². The van der Waals surface area contributed by atoms with Gasteiger partial charge >= 0.3 is 6.09 Å². The fraction of sp³-hybridized carbons (Fsp3) is 0.304. The predicted octanol–water partition coefficient (Wildman–Crippen LogP) is 2.86. The second-order valence-electron chi connectivity index (χ2n) is 7.26. The first-order chi connectivity index (χ1) is 14.7. The molecule has 1 fully saturated rings. The van der Waals surface area contributed by atoms with E-state index < -0.39 is 12.1 Å². The first-order valence-corrected chi connectivity index (χ1v) is 10.1. The van der Waals surface area contributed by atoms with E-state index in [2.05, 4.69) is 10.3 Å². The SMILES string of the molecule is O=C(N[C@@H](Cc1c[nH]c2ccccc12)C(=O)N1CCOCC1)OCc1ccccc1. The second-order valence-corrected chi connectivity index (χ2v) is 7.26. The van der Waals surface area contributed by atoms with Crippen molar-refractivity contribution in [1.82, 2.24) is 15.2 Å². The summed E-state index contributed by atoms with van der Waals surface area (Å²) in [4.78, 5) is 30.6. The molecule has 30 heavy (non-hydrogen) atoms. The van der Waals surface area contributed by atoms with E-state index in [-0.39, 0.29) is 12.5 Å². The van der Waals surface area contributed by atoms with Crippen LogP contribution < -0.4 is 5.32 Å². The van der Waals surface area contributed by atoms with Crippen molar-refractivity contribution < 1.29 is 19.1 Å². The molecule has 2 aromatic carbocycles. The summed E-state index contributed by atoms with van der Waals surface area (Å²) in [5.74, 6) is -0.125. The maximum atomic E-state index is 13.2. The number of nitrogens with zero attached hydrogens (tertiary/aromatic N) is 1. The standard InChI is InChI=1S/C23H25N3O4/c27-22(26-10-12-29-13-11-26)21(14-18-15-24-20-9-5-4-8-19(18)20)25-23(28)30-16-17-6-2-1-3-7-17/h1-9,15,21,24H,10-14,16H2,(H,25,28)/t21-/m0/s1. The minimum absolute atomic E-state index is 0.125. The fourth-order valence-corrected chi connectivity index (χ4v) is 3.63. The van der Waals surface area contributed by atoms with Crippen LogP contribution >= 0.6 is 0 Å². The van der Waals surface area contributed by atoms with Gasteiger partial charge in [-0.3, -0.25) is 4.79 Å². The highest BCUT2D eigenvalue weighted by Crippen LogP contribution is 2.20. The van der Waals surface area contributed by atoms with Gasteiger partial charge in [-0.15, -0.1) is 0 Å². The van der Waals surface area contributed by atoms with Gasteiger partial charge in [0.2, 0.25) is 5.91 Å². The molecule has 0 bridgehead atoms. The summed E-state index contributed by atoms with van der Waals surface area (Å²) >= 11 is 0. The number of ether oxygens (including phenoxy) is 2. The number of alkyl carbamates (subject to hydrolysis) is 1. The summed E-state index contributed by atoms with van der Waals surface area (Å²) in [7, 11) is 0. The summed E-state index contributed by atoms with van der Waals surface area (Å²) in [5.41, 5.74) is 2.86. The molecule has 3 aromatic rings. The summed E-state index contributed by atoms with van der Waals surface area (Å²) in [6, 6.07) is 16.6. The second kappa shape index (κ2) is 9.45. The highest BCUT2D eigenvalue weighted by Gasteiger charge is 2.28. The van der Waals surface area contributed by atoms with Gasteiger partial charge in [0, 0.05) is 36.6 Å². The minimum atomic E-state index is -0.717. The van der Waals surface area contributed by atoms with Gasteiger partial charge in [-0.25, -0.2) is 4.79 Å². The van der Waals surface area contributed by atoms with E-state index in [1.807, 2.05) is 60.8 Å². The molecule has 156 valence electrons. The zero-order valence-corrected chi connectivity index (χ0v) is 16.7. The third kappa shape index (κ3) is 4.80. The van der Waals surface area contributed by atoms with E-state index in [4.69, 9.17) is 9.47 Å². The van der Waals surface area contributed by atoms with Crippen molar-refractivity contribution in [3.05, 3.63) is 71.9 Å². The van der Waals surface area contributed by atoms with Crippen molar-refractivity contribution in [2.24, 2.45) is 0 Å². The lowest BCUT2D eigenvalue weighted by atomic mass is 10.0. The Morgan fingerprint density at radius 1 is 1.07 bits per heavy atom. The number of amides is 2. The predicted molar refractivity (Wildman–Crippen MR) is 113 cm³/mol. The molecule has 1 aliphatic heterocycles. The molecule has 0 spiro atoms. The Balaban J connectivity index is 1.47. The molecule has 2 amide bonds. The maximum absolute atomic E-state index is 13.2. The van der Waals surface area contributed by atoms with Crippen LogP contribution in [0.5, 0.6) is 0 Å². The lowest BCUT2D eigenvalue weighted by Gasteiger charge is -2.30. The van der Waals surface area contributed by atoms with Crippen LogP contribution in [-0.2, 0) is 27.3 Å². The third-order valence-corrected chi connectivity index (χ3v) is 5.22. The van der Waals surface area contributed by atoms with Crippen LogP contribution in [0.15, 0.2) is 60.8 Å². The number of morpholine rings is 1. The molecule has 0 radical (unpaired) electrons. The molecule has 1 aliphatic rings. The Labute approximate surface area is 175 Å². The Hall–Kier alpha value is -3.32. The number of nitrogens with one attached hydrogen (secondary N) is 2. The maximum Gasteiger partial charge on any atom is 0.408 e. The van der Waals surface area contributed by atoms with E-state index >= 15 is 0 Å². The number of carbonyl (C=O) groups excluding carboxylic acids is 2. The lowest BCUT2D eigenvalue weighted by molar-refractivity contribution is -0.137. The normalized spacial score (nSPS) is 15.0. The molecule has 0 unspecified atom stereocenters. The van der Waals surface area contributed by atoms with E-state index in [1.54, 1.807) is 4.90 Å². The number of rotatable bonds is 6. The Bertz CT molecular complexity index is 996. The van der Waals surface area contributed by atoms with Crippen LogP contribution in [0.2, 0.25) is 0 Å². The molecule has 0 saturated carbocycles. The number of carbonyl (C=O) groups is 2. The quantitative estimate of drug-likeness (QED) is 0.658. The van der Waals surface area contributed by atoms with E-state index in [1.165, 1.54) is 0 Å². The van der Waals surface area contributed by atoms with Crippen LogP contribution in [0, 0.1) is 0 Å². The highest BCUT2D eigenvalue weighted by molar-refractivity contribution is 5.88. The number of hydrogen-bond donors (Lipinski definition) is 2. The Kier molecular flexibility index (Phi) is 6.29. The van der Waals surface area contributed by atoms with E-state index in [0.29, 0.717) is 32.7 Å². The van der Waals surface area contributed by atoms with Crippen molar-refractivity contribution in [1.29, 1.82) is 0 Å². The Morgan fingerprint density at radius 3 is 2.60 bits per heavy atom. The van der Waals surface area contributed by atoms with Crippen LogP contribution in [0.4, 0.5) is 4.79 Å².